The Morgan fingerprint density at radius 3 is 2.38 bits per heavy atom. The molecule has 5 atom stereocenters. The van der Waals surface area contributed by atoms with Gasteiger partial charge in [0.25, 0.3) is 5.91 Å². The fourth-order valence-corrected chi connectivity index (χ4v) is 5.03. The first-order valence-electron chi connectivity index (χ1n) is 15.4. The van der Waals surface area contributed by atoms with E-state index in [1.807, 2.05) is 13.8 Å². The molecular weight excluding hydrogens is 582 g/mol. The maximum absolute atomic E-state index is 14.0. The molecule has 1 saturated heterocycles. The van der Waals surface area contributed by atoms with Crippen LogP contribution < -0.4 is 21.3 Å². The van der Waals surface area contributed by atoms with Crippen LogP contribution in [0.15, 0.2) is 35.5 Å². The lowest BCUT2D eigenvalue weighted by atomic mass is 9.85. The Balaban J connectivity index is 2.18. The van der Waals surface area contributed by atoms with Gasteiger partial charge in [-0.3, -0.25) is 19.2 Å². The first kappa shape index (κ1) is 37.0. The number of urea groups is 1. The molecule has 0 aliphatic carbocycles. The Hall–Kier alpha value is -4.16. The van der Waals surface area contributed by atoms with Crippen molar-refractivity contribution >= 4 is 35.5 Å². The van der Waals surface area contributed by atoms with Crippen LogP contribution in [0.3, 0.4) is 0 Å². The number of carbonyl (C=O) groups excluding carboxylic acids is 6. The molecule has 4 N–H and O–H groups in total. The predicted molar refractivity (Wildman–Crippen MR) is 166 cm³/mol. The standard InChI is InChI=1S/C32H49N5O8/c1-9-12-22(25(38)28(40)33-14-10-2)34-27(39)23-16-20(5)17-37(23)29(41)26(32(6,7)8)36-31(43)35-24(19(3)4)30(42)45-18-21-13-11-15-44-21/h10-11,13,15,19-20,22-24,26H,2,9,12,14,16-18H2,1,3-8H3,(H,33,40)(H,34,39)(H2,35,36,43)/t20-,22?,23+,24+,26-/m1/s1. The van der Waals surface area contributed by atoms with Gasteiger partial charge in [0.05, 0.1) is 12.3 Å². The highest BCUT2D eigenvalue weighted by Crippen LogP contribution is 2.28. The van der Waals surface area contributed by atoms with Crippen molar-refractivity contribution in [3.8, 4) is 0 Å². The summed E-state index contributed by atoms with van der Waals surface area (Å²) in [4.78, 5) is 80.0. The molecule has 0 spiro atoms. The summed E-state index contributed by atoms with van der Waals surface area (Å²) in [6.45, 7) is 16.3. The van der Waals surface area contributed by atoms with Crippen molar-refractivity contribution in [3.63, 3.8) is 0 Å². The summed E-state index contributed by atoms with van der Waals surface area (Å²) in [6, 6.07) is -1.45. The second kappa shape index (κ2) is 16.8. The zero-order valence-electron chi connectivity index (χ0n) is 27.4. The normalized spacial score (nSPS) is 18.4. The lowest BCUT2D eigenvalue weighted by Crippen LogP contribution is -2.61. The lowest BCUT2D eigenvalue weighted by Gasteiger charge is -2.36. The molecule has 250 valence electrons. The molecule has 1 aliphatic heterocycles. The zero-order chi connectivity index (χ0) is 33.9. The van der Waals surface area contributed by atoms with Gasteiger partial charge in [-0.25, -0.2) is 9.59 Å². The number of ketones is 1. The number of nitrogens with one attached hydrogen (secondary N) is 4. The van der Waals surface area contributed by atoms with E-state index in [1.165, 1.54) is 17.2 Å². The highest BCUT2D eigenvalue weighted by atomic mass is 16.5. The molecule has 2 rings (SSSR count). The molecule has 0 radical (unpaired) electrons. The average Bonchev–Trinajstić information content (AvgIpc) is 3.64. The number of carbonyl (C=O) groups is 6. The van der Waals surface area contributed by atoms with Crippen LogP contribution in [0.25, 0.3) is 0 Å². The predicted octanol–water partition coefficient (Wildman–Crippen LogP) is 2.45. The lowest BCUT2D eigenvalue weighted by molar-refractivity contribution is -0.149. The fourth-order valence-electron chi connectivity index (χ4n) is 5.03. The number of likely N-dealkylation sites (tertiary alicyclic amines) is 1. The molecule has 1 aromatic rings. The number of furan rings is 1. The quantitative estimate of drug-likeness (QED) is 0.130. The van der Waals surface area contributed by atoms with Gasteiger partial charge in [0.2, 0.25) is 17.6 Å². The molecule has 1 aliphatic rings. The van der Waals surface area contributed by atoms with Crippen LogP contribution in [0.5, 0.6) is 0 Å². The van der Waals surface area contributed by atoms with Gasteiger partial charge in [-0.15, -0.1) is 6.58 Å². The number of ether oxygens (including phenoxy) is 1. The Kier molecular flexibility index (Phi) is 13.8. The smallest absolute Gasteiger partial charge is 0.329 e. The van der Waals surface area contributed by atoms with Crippen LogP contribution in [0.2, 0.25) is 0 Å². The number of hydrogen-bond acceptors (Lipinski definition) is 8. The summed E-state index contributed by atoms with van der Waals surface area (Å²) >= 11 is 0. The topological polar surface area (TPSA) is 176 Å². The molecule has 0 saturated carbocycles. The Morgan fingerprint density at radius 1 is 1.13 bits per heavy atom. The minimum atomic E-state index is -1.07. The van der Waals surface area contributed by atoms with Crippen LogP contribution in [0, 0.1) is 17.3 Å². The molecule has 1 fully saturated rings. The van der Waals surface area contributed by atoms with E-state index in [-0.39, 0.29) is 38.0 Å². The molecule has 1 aromatic heterocycles. The summed E-state index contributed by atoms with van der Waals surface area (Å²) in [5.74, 6) is -3.20. The van der Waals surface area contributed by atoms with Gasteiger partial charge in [0, 0.05) is 13.1 Å². The van der Waals surface area contributed by atoms with Gasteiger partial charge in [-0.2, -0.15) is 0 Å². The van der Waals surface area contributed by atoms with Crippen molar-refractivity contribution in [1.82, 2.24) is 26.2 Å². The maximum atomic E-state index is 14.0. The summed E-state index contributed by atoms with van der Waals surface area (Å²) in [5.41, 5.74) is -0.779. The summed E-state index contributed by atoms with van der Waals surface area (Å²) in [7, 11) is 0. The van der Waals surface area contributed by atoms with E-state index in [0.717, 1.165) is 0 Å². The largest absolute Gasteiger partial charge is 0.466 e. The van der Waals surface area contributed by atoms with Crippen LogP contribution >= 0.6 is 0 Å². The zero-order valence-corrected chi connectivity index (χ0v) is 27.4. The first-order chi connectivity index (χ1) is 21.1. The van der Waals surface area contributed by atoms with E-state index in [0.29, 0.717) is 18.6 Å². The summed E-state index contributed by atoms with van der Waals surface area (Å²) in [5, 5.41) is 10.5. The maximum Gasteiger partial charge on any atom is 0.329 e. The fraction of sp³-hybridized carbons (Fsp3) is 0.625. The Morgan fingerprint density at radius 2 is 1.82 bits per heavy atom. The van der Waals surface area contributed by atoms with E-state index >= 15 is 0 Å². The van der Waals surface area contributed by atoms with E-state index in [2.05, 4.69) is 27.8 Å². The second-order valence-electron chi connectivity index (χ2n) is 12.9. The molecular formula is C32H49N5O8. The molecule has 45 heavy (non-hydrogen) atoms. The van der Waals surface area contributed by atoms with Crippen molar-refractivity contribution in [3.05, 3.63) is 36.8 Å². The third-order valence-electron chi connectivity index (χ3n) is 7.47. The van der Waals surface area contributed by atoms with Crippen molar-refractivity contribution < 1.29 is 37.9 Å². The van der Waals surface area contributed by atoms with Crippen molar-refractivity contribution in [2.75, 3.05) is 13.1 Å². The molecule has 1 unspecified atom stereocenters. The average molecular weight is 632 g/mol. The summed E-state index contributed by atoms with van der Waals surface area (Å²) < 4.78 is 10.5. The minimum Gasteiger partial charge on any atom is -0.466 e. The van der Waals surface area contributed by atoms with Crippen molar-refractivity contribution in [2.45, 2.75) is 98.5 Å². The van der Waals surface area contributed by atoms with Gasteiger partial charge in [0.15, 0.2) is 0 Å². The monoisotopic (exact) mass is 631 g/mol. The van der Waals surface area contributed by atoms with Crippen LogP contribution in [-0.2, 0) is 35.3 Å². The number of Topliss-reactive ketones (excluding diaryl/α,β-unsaturated/α-hetero) is 1. The number of amides is 5. The number of rotatable bonds is 15. The molecule has 0 aromatic carbocycles. The van der Waals surface area contributed by atoms with Crippen molar-refractivity contribution in [2.24, 2.45) is 17.3 Å². The third kappa shape index (κ3) is 10.8. The van der Waals surface area contributed by atoms with Gasteiger partial charge in [-0.05, 0) is 42.2 Å². The van der Waals surface area contributed by atoms with E-state index in [4.69, 9.17) is 9.15 Å². The Bertz CT molecular complexity index is 1210. The number of esters is 1. The van der Waals surface area contributed by atoms with E-state index in [9.17, 15) is 28.8 Å². The summed E-state index contributed by atoms with van der Waals surface area (Å²) in [6.07, 6.45) is 4.02. The molecule has 0 bridgehead atoms. The van der Waals surface area contributed by atoms with Gasteiger partial charge >= 0.3 is 12.0 Å². The van der Waals surface area contributed by atoms with E-state index in [1.54, 1.807) is 46.8 Å². The first-order valence-corrected chi connectivity index (χ1v) is 15.4. The van der Waals surface area contributed by atoms with Crippen LogP contribution in [-0.4, -0.2) is 77.7 Å². The van der Waals surface area contributed by atoms with Gasteiger partial charge < -0.3 is 35.3 Å². The van der Waals surface area contributed by atoms with Crippen molar-refractivity contribution in [1.29, 1.82) is 0 Å². The molecule has 2 heterocycles. The van der Waals surface area contributed by atoms with E-state index < -0.39 is 65.1 Å². The minimum absolute atomic E-state index is 0.0374. The molecule has 13 heteroatoms. The highest BCUT2D eigenvalue weighted by Gasteiger charge is 2.45. The van der Waals surface area contributed by atoms with Crippen LogP contribution in [0.4, 0.5) is 4.79 Å². The second-order valence-corrected chi connectivity index (χ2v) is 12.9. The highest BCUT2D eigenvalue weighted by molar-refractivity contribution is 6.38. The Labute approximate surface area is 265 Å². The van der Waals surface area contributed by atoms with Gasteiger partial charge in [-0.1, -0.05) is 61.0 Å². The number of hydrogen-bond donors (Lipinski definition) is 4. The number of nitrogens with zero attached hydrogens (tertiary/aromatic N) is 1. The SMILES string of the molecule is C=CCNC(=O)C(=O)C(CCC)NC(=O)[C@@H]1C[C@@H](C)CN1C(=O)[C@@H](NC(=O)N[C@H](C(=O)OCc1ccco1)C(C)C)C(C)(C)C. The van der Waals surface area contributed by atoms with Gasteiger partial charge in [0.1, 0.15) is 30.5 Å². The molecule has 13 nitrogen and oxygen atoms in total. The molecule has 5 amide bonds. The van der Waals surface area contributed by atoms with Crippen LogP contribution in [0.1, 0.15) is 73.5 Å². The third-order valence-corrected chi connectivity index (χ3v) is 7.47.